The summed E-state index contributed by atoms with van der Waals surface area (Å²) in [5, 5.41) is 23.3. The number of benzene rings is 4. The first-order valence-electron chi connectivity index (χ1n) is 11.5. The largest absolute Gasteiger partial charge is 0.355 e. The number of hydrogen-bond acceptors (Lipinski definition) is 4. The number of aromatic nitrogens is 2. The number of fused-ring (bicyclic) bond motifs is 2. The Balaban J connectivity index is 0.000000152. The number of H-pyrrole nitrogens is 1. The Morgan fingerprint density at radius 2 is 1.22 bits per heavy atom. The van der Waals surface area contributed by atoms with Crippen LogP contribution in [0, 0.1) is 20.2 Å². The van der Waals surface area contributed by atoms with Crippen LogP contribution in [-0.4, -0.2) is 19.4 Å². The highest BCUT2D eigenvalue weighted by atomic mass is 16.6. The normalized spacial score (nSPS) is 10.7. The zero-order valence-corrected chi connectivity index (χ0v) is 19.9. The molecule has 0 bridgehead atoms. The second-order valence-corrected chi connectivity index (χ2v) is 8.53. The van der Waals surface area contributed by atoms with Crippen LogP contribution in [0.5, 0.6) is 0 Å². The van der Waals surface area contributed by atoms with Gasteiger partial charge in [-0.3, -0.25) is 20.2 Å². The Morgan fingerprint density at radius 3 is 1.84 bits per heavy atom. The van der Waals surface area contributed by atoms with Crippen LogP contribution in [0.25, 0.3) is 44.3 Å². The molecular weight excluding hydrogens is 468 g/mol. The Morgan fingerprint density at radius 1 is 0.649 bits per heavy atom. The van der Waals surface area contributed by atoms with E-state index in [4.69, 9.17) is 0 Å². The summed E-state index contributed by atoms with van der Waals surface area (Å²) in [6.07, 6.45) is 0. The molecule has 0 unspecified atom stereocenters. The summed E-state index contributed by atoms with van der Waals surface area (Å²) < 4.78 is 2.05. The second kappa shape index (κ2) is 9.79. The second-order valence-electron chi connectivity index (χ2n) is 8.53. The third-order valence-corrected chi connectivity index (χ3v) is 6.21. The molecule has 0 aliphatic carbocycles. The molecule has 8 nitrogen and oxygen atoms in total. The third kappa shape index (κ3) is 4.81. The Labute approximate surface area is 211 Å². The summed E-state index contributed by atoms with van der Waals surface area (Å²) in [5.41, 5.74) is 6.31. The summed E-state index contributed by atoms with van der Waals surface area (Å²) in [7, 11) is 1.97. The summed E-state index contributed by atoms with van der Waals surface area (Å²) in [6.45, 7) is 0. The van der Waals surface area contributed by atoms with Crippen LogP contribution in [0.2, 0.25) is 0 Å². The Kier molecular flexibility index (Phi) is 6.22. The standard InChI is InChI=1S/C15H12N2O2.C14H10N2O2/c1-16-14-8-7-13(17(18)19)9-12(14)10-15(16)11-5-3-2-4-6-11;17-16(18)12-6-7-13-11(8-12)9-14(15-13)10-4-2-1-3-5-10/h2-10H,1H3;1-9,15H. The van der Waals surface area contributed by atoms with E-state index in [0.717, 1.165) is 44.3 Å². The first-order chi connectivity index (χ1) is 17.9. The lowest BCUT2D eigenvalue weighted by Gasteiger charge is -2.03. The third-order valence-electron chi connectivity index (χ3n) is 6.21. The molecule has 182 valence electrons. The maximum Gasteiger partial charge on any atom is 0.270 e. The molecule has 0 aliphatic rings. The van der Waals surface area contributed by atoms with E-state index < -0.39 is 0 Å². The minimum absolute atomic E-state index is 0.112. The minimum Gasteiger partial charge on any atom is -0.355 e. The molecule has 0 spiro atoms. The number of rotatable bonds is 4. The quantitative estimate of drug-likeness (QED) is 0.204. The molecule has 0 saturated heterocycles. The number of aryl methyl sites for hydroxylation is 1. The monoisotopic (exact) mass is 490 g/mol. The lowest BCUT2D eigenvalue weighted by molar-refractivity contribution is -0.384. The van der Waals surface area contributed by atoms with Crippen LogP contribution in [-0.2, 0) is 7.05 Å². The van der Waals surface area contributed by atoms with E-state index in [-0.39, 0.29) is 21.2 Å². The average Bonchev–Trinajstić information content (AvgIpc) is 3.50. The number of nitrogens with one attached hydrogen (secondary N) is 1. The zero-order chi connectivity index (χ0) is 25.9. The van der Waals surface area contributed by atoms with Crippen molar-refractivity contribution in [2.45, 2.75) is 0 Å². The molecule has 8 heteroatoms. The van der Waals surface area contributed by atoms with E-state index in [1.165, 1.54) is 12.1 Å². The number of nitrogens with zero attached hydrogens (tertiary/aromatic N) is 3. The van der Waals surface area contributed by atoms with E-state index in [9.17, 15) is 20.2 Å². The number of hydrogen-bond donors (Lipinski definition) is 1. The van der Waals surface area contributed by atoms with Crippen LogP contribution in [0.1, 0.15) is 0 Å². The maximum absolute atomic E-state index is 10.8. The molecule has 0 fully saturated rings. The van der Waals surface area contributed by atoms with Crippen molar-refractivity contribution in [2.24, 2.45) is 7.05 Å². The summed E-state index contributed by atoms with van der Waals surface area (Å²) >= 11 is 0. The molecule has 2 heterocycles. The smallest absolute Gasteiger partial charge is 0.270 e. The molecule has 0 amide bonds. The van der Waals surface area contributed by atoms with Gasteiger partial charge in [-0.2, -0.15) is 0 Å². The van der Waals surface area contributed by atoms with Crippen molar-refractivity contribution in [3.8, 4) is 22.5 Å². The molecule has 1 N–H and O–H groups in total. The number of nitro groups is 2. The molecular formula is C29H22N4O4. The topological polar surface area (TPSA) is 107 Å². The van der Waals surface area contributed by atoms with Gasteiger partial charge in [0.1, 0.15) is 0 Å². The van der Waals surface area contributed by atoms with E-state index in [1.54, 1.807) is 24.3 Å². The molecule has 6 aromatic rings. The number of non-ortho nitro benzene ring substituents is 2. The van der Waals surface area contributed by atoms with E-state index in [2.05, 4.69) is 4.98 Å². The van der Waals surface area contributed by atoms with E-state index >= 15 is 0 Å². The van der Waals surface area contributed by atoms with Crippen molar-refractivity contribution in [2.75, 3.05) is 0 Å². The highest BCUT2D eigenvalue weighted by Gasteiger charge is 2.12. The van der Waals surface area contributed by atoms with Gasteiger partial charge in [-0.25, -0.2) is 0 Å². The van der Waals surface area contributed by atoms with Gasteiger partial charge in [0.25, 0.3) is 11.4 Å². The fourth-order valence-electron chi connectivity index (χ4n) is 4.34. The number of nitro benzene ring substituents is 2. The summed E-state index contributed by atoms with van der Waals surface area (Å²) in [5.74, 6) is 0. The first kappa shape index (κ1) is 23.5. The van der Waals surface area contributed by atoms with E-state index in [0.29, 0.717) is 0 Å². The fraction of sp³-hybridized carbons (Fsp3) is 0.0345. The van der Waals surface area contributed by atoms with Crippen LogP contribution in [0.15, 0.2) is 109 Å². The van der Waals surface area contributed by atoms with Gasteiger partial charge in [-0.1, -0.05) is 60.7 Å². The summed E-state index contributed by atoms with van der Waals surface area (Å²) in [6, 6.07) is 33.6. The van der Waals surface area contributed by atoms with Crippen molar-refractivity contribution in [1.29, 1.82) is 0 Å². The molecule has 2 aromatic heterocycles. The van der Waals surface area contributed by atoms with Gasteiger partial charge < -0.3 is 9.55 Å². The Bertz CT molecular complexity index is 1740. The van der Waals surface area contributed by atoms with Crippen molar-refractivity contribution < 1.29 is 9.85 Å². The Hall–Kier alpha value is -5.24. The molecule has 0 radical (unpaired) electrons. The molecule has 37 heavy (non-hydrogen) atoms. The molecule has 4 aromatic carbocycles. The lowest BCUT2D eigenvalue weighted by atomic mass is 10.1. The average molecular weight is 491 g/mol. The van der Waals surface area contributed by atoms with Crippen LogP contribution in [0.4, 0.5) is 11.4 Å². The van der Waals surface area contributed by atoms with Gasteiger partial charge in [0.15, 0.2) is 0 Å². The van der Waals surface area contributed by atoms with Gasteiger partial charge >= 0.3 is 0 Å². The van der Waals surface area contributed by atoms with Gasteiger partial charge in [0.05, 0.1) is 9.85 Å². The van der Waals surface area contributed by atoms with Gasteiger partial charge in [-0.05, 0) is 35.4 Å². The van der Waals surface area contributed by atoms with Crippen LogP contribution < -0.4 is 0 Å². The highest BCUT2D eigenvalue weighted by Crippen LogP contribution is 2.29. The maximum atomic E-state index is 10.8. The molecule has 0 aliphatic heterocycles. The van der Waals surface area contributed by atoms with Crippen molar-refractivity contribution in [3.05, 3.63) is 129 Å². The fourth-order valence-corrected chi connectivity index (χ4v) is 4.34. The molecule has 0 atom stereocenters. The zero-order valence-electron chi connectivity index (χ0n) is 19.9. The first-order valence-corrected chi connectivity index (χ1v) is 11.5. The lowest BCUT2D eigenvalue weighted by Crippen LogP contribution is -1.91. The molecule has 6 rings (SSSR count). The van der Waals surface area contributed by atoms with Crippen molar-refractivity contribution in [1.82, 2.24) is 9.55 Å². The summed E-state index contributed by atoms with van der Waals surface area (Å²) in [4.78, 5) is 24.0. The minimum atomic E-state index is -0.380. The van der Waals surface area contributed by atoms with Crippen molar-refractivity contribution >= 4 is 33.2 Å². The SMILES string of the molecule is Cn1c(-c2ccccc2)cc2cc([N+](=O)[O-])ccc21.O=[N+]([O-])c1ccc2[nH]c(-c3ccccc3)cc2c1. The van der Waals surface area contributed by atoms with Gasteiger partial charge in [0.2, 0.25) is 0 Å². The number of aromatic amines is 1. The van der Waals surface area contributed by atoms with Gasteiger partial charge in [-0.15, -0.1) is 0 Å². The molecule has 0 saturated carbocycles. The van der Waals surface area contributed by atoms with Crippen molar-refractivity contribution in [3.63, 3.8) is 0 Å². The van der Waals surface area contributed by atoms with Crippen LogP contribution >= 0.6 is 0 Å². The van der Waals surface area contributed by atoms with Crippen LogP contribution in [0.3, 0.4) is 0 Å². The predicted molar refractivity (Wildman–Crippen MR) is 145 cm³/mol. The van der Waals surface area contributed by atoms with E-state index in [1.807, 2.05) is 84.4 Å². The predicted octanol–water partition coefficient (Wildman–Crippen LogP) is 7.50. The highest BCUT2D eigenvalue weighted by molar-refractivity contribution is 5.89. The van der Waals surface area contributed by atoms with Gasteiger partial charge in [0, 0.05) is 64.5 Å².